The average Bonchev–Trinajstić information content (AvgIpc) is 3.01. The number of rotatable bonds is 15. The second kappa shape index (κ2) is 13.6. The molecule has 0 N–H and O–H groups in total. The summed E-state index contributed by atoms with van der Waals surface area (Å²) in [6, 6.07) is 0.780. The molecule has 2 atom stereocenters. The molecular weight excluding hydrogens is 834 g/mol. The van der Waals surface area contributed by atoms with E-state index < -0.39 is 107 Å². The van der Waals surface area contributed by atoms with Gasteiger partial charge in [0.25, 0.3) is 0 Å². The van der Waals surface area contributed by atoms with E-state index in [1.165, 1.54) is 0 Å². The van der Waals surface area contributed by atoms with Gasteiger partial charge in [-0.05, 0) is 47.2 Å². The van der Waals surface area contributed by atoms with Gasteiger partial charge in [0.2, 0.25) is 0 Å². The molecule has 28 heteroatoms. The summed E-state index contributed by atoms with van der Waals surface area (Å²) in [5.41, 5.74) is -2.73. The number of nitrogens with zero attached hydrogens (tertiary/aromatic N) is 2. The predicted molar refractivity (Wildman–Crippen MR) is 125 cm³/mol. The standard InChI is InChI=1S/C26H14F26N2/c27-15(28,17(31,32)19(35,36)21(39,40)23(43,44)25(47,48)49)9-13(11-1-5-53-6-2-11)14(12-3-7-54-8-4-12)10-16(29,30)18(33,34)20(37,38)22(41,42)24(45,46)26(50,51)52/h1-8,13-14H,9-10H2/t13-,14-/m1/s1. The van der Waals surface area contributed by atoms with Gasteiger partial charge in [0.15, 0.2) is 0 Å². The van der Waals surface area contributed by atoms with Gasteiger partial charge in [0.1, 0.15) is 0 Å². The molecule has 0 fully saturated rings. The molecule has 0 saturated carbocycles. The fraction of sp³-hybridized carbons (Fsp3) is 0.615. The summed E-state index contributed by atoms with van der Waals surface area (Å²) in [6.07, 6.45) is -21.4. The molecule has 0 unspecified atom stereocenters. The van der Waals surface area contributed by atoms with Crippen LogP contribution in [0.4, 0.5) is 114 Å². The van der Waals surface area contributed by atoms with Gasteiger partial charge < -0.3 is 0 Å². The van der Waals surface area contributed by atoms with Gasteiger partial charge in [-0.1, -0.05) is 0 Å². The van der Waals surface area contributed by atoms with Crippen LogP contribution in [0.25, 0.3) is 0 Å². The van der Waals surface area contributed by atoms with Crippen molar-refractivity contribution in [2.24, 2.45) is 0 Å². The number of pyridine rings is 2. The molecule has 310 valence electrons. The highest BCUT2D eigenvalue weighted by molar-refractivity contribution is 5.29. The number of hydrogen-bond acceptors (Lipinski definition) is 2. The molecule has 2 aromatic rings. The van der Waals surface area contributed by atoms with Gasteiger partial charge >= 0.3 is 71.6 Å². The topological polar surface area (TPSA) is 25.8 Å². The van der Waals surface area contributed by atoms with E-state index in [1.807, 2.05) is 0 Å². The first kappa shape index (κ1) is 46.6. The van der Waals surface area contributed by atoms with Crippen LogP contribution in [0.2, 0.25) is 0 Å². The van der Waals surface area contributed by atoms with E-state index in [4.69, 9.17) is 0 Å². The van der Waals surface area contributed by atoms with E-state index in [-0.39, 0.29) is 24.3 Å². The lowest BCUT2D eigenvalue weighted by Gasteiger charge is -2.42. The monoisotopic (exact) mass is 848 g/mol. The van der Waals surface area contributed by atoms with Gasteiger partial charge in [0.05, 0.1) is 0 Å². The van der Waals surface area contributed by atoms with E-state index in [9.17, 15) is 96.6 Å². The molecule has 0 amide bonds. The van der Waals surface area contributed by atoms with Crippen molar-refractivity contribution in [3.05, 3.63) is 60.2 Å². The first-order valence-corrected chi connectivity index (χ1v) is 13.4. The maximum Gasteiger partial charge on any atom is 0.460 e. The van der Waals surface area contributed by atoms with Crippen LogP contribution in [0.3, 0.4) is 0 Å². The van der Waals surface area contributed by atoms with Crippen LogP contribution in [-0.2, 0) is 0 Å². The van der Waals surface area contributed by atoms with Crippen molar-refractivity contribution < 1.29 is 114 Å². The normalized spacial score (nSPS) is 16.7. The highest BCUT2D eigenvalue weighted by Crippen LogP contribution is 2.64. The quantitative estimate of drug-likeness (QED) is 0.167. The lowest BCUT2D eigenvalue weighted by atomic mass is 9.73. The van der Waals surface area contributed by atoms with Gasteiger partial charge in [-0.15, -0.1) is 0 Å². The highest BCUT2D eigenvalue weighted by atomic mass is 19.4. The van der Waals surface area contributed by atoms with Gasteiger partial charge in [-0.3, -0.25) is 9.97 Å². The van der Waals surface area contributed by atoms with Crippen LogP contribution in [0, 0.1) is 0 Å². The summed E-state index contributed by atoms with van der Waals surface area (Å²) < 4.78 is 359. The third-order valence-electron chi connectivity index (χ3n) is 7.70. The van der Waals surface area contributed by atoms with E-state index in [1.54, 1.807) is 0 Å². The first-order valence-electron chi connectivity index (χ1n) is 13.4. The molecule has 2 nitrogen and oxygen atoms in total. The molecule has 0 spiro atoms. The van der Waals surface area contributed by atoms with Crippen molar-refractivity contribution in [3.63, 3.8) is 0 Å². The molecule has 2 rings (SSSR count). The Hall–Kier alpha value is -3.52. The first-order chi connectivity index (χ1) is 23.7. The summed E-state index contributed by atoms with van der Waals surface area (Å²) in [5, 5.41) is 0. The molecule has 0 aliphatic heterocycles. The molecule has 0 bridgehead atoms. The van der Waals surface area contributed by atoms with Crippen molar-refractivity contribution in [1.29, 1.82) is 0 Å². The summed E-state index contributed by atoms with van der Waals surface area (Å²) in [4.78, 5) is 6.35. The average molecular weight is 848 g/mol. The molecule has 0 saturated heterocycles. The zero-order valence-electron chi connectivity index (χ0n) is 24.9. The second-order valence-corrected chi connectivity index (χ2v) is 11.2. The largest absolute Gasteiger partial charge is 0.460 e. The van der Waals surface area contributed by atoms with Crippen LogP contribution in [-0.4, -0.2) is 81.5 Å². The Morgan fingerprint density at radius 1 is 0.315 bits per heavy atom. The van der Waals surface area contributed by atoms with Crippen LogP contribution < -0.4 is 0 Å². The number of hydrogen-bond donors (Lipinski definition) is 0. The minimum atomic E-state index is -8.49. The predicted octanol–water partition coefficient (Wildman–Crippen LogP) is 11.6. The Morgan fingerprint density at radius 3 is 0.722 bits per heavy atom. The number of alkyl halides is 26. The van der Waals surface area contributed by atoms with E-state index in [2.05, 4.69) is 9.97 Å². The molecule has 0 aliphatic carbocycles. The van der Waals surface area contributed by atoms with Crippen molar-refractivity contribution in [3.8, 4) is 0 Å². The smallest absolute Gasteiger partial charge is 0.265 e. The zero-order chi connectivity index (χ0) is 42.8. The van der Waals surface area contributed by atoms with Gasteiger partial charge in [-0.2, -0.15) is 114 Å². The molecule has 2 aromatic heterocycles. The summed E-state index contributed by atoms with van der Waals surface area (Å²) in [7, 11) is 0. The van der Waals surface area contributed by atoms with E-state index >= 15 is 17.6 Å². The van der Waals surface area contributed by atoms with Crippen molar-refractivity contribution in [1.82, 2.24) is 9.97 Å². The summed E-state index contributed by atoms with van der Waals surface area (Å²) >= 11 is 0. The maximum absolute atomic E-state index is 15.1. The Morgan fingerprint density at radius 2 is 0.519 bits per heavy atom. The maximum atomic E-state index is 15.1. The van der Waals surface area contributed by atoms with Crippen LogP contribution in [0.15, 0.2) is 49.1 Å². The third kappa shape index (κ3) is 7.05. The minimum Gasteiger partial charge on any atom is -0.265 e. The molecular formula is C26H14F26N2. The minimum absolute atomic E-state index is 0.195. The number of halogens is 26. The molecule has 2 heterocycles. The zero-order valence-corrected chi connectivity index (χ0v) is 24.9. The molecule has 0 aromatic carbocycles. The van der Waals surface area contributed by atoms with Gasteiger partial charge in [-0.25, -0.2) is 0 Å². The van der Waals surface area contributed by atoms with E-state index in [0.717, 1.165) is 0 Å². The summed E-state index contributed by atoms with van der Waals surface area (Å²) in [5.74, 6) is -88.2. The fourth-order valence-electron chi connectivity index (χ4n) is 4.62. The Bertz CT molecular complexity index is 1450. The van der Waals surface area contributed by atoms with Crippen LogP contribution in [0.5, 0.6) is 0 Å². The Labute approximate surface area is 281 Å². The SMILES string of the molecule is FC(F)(F)C(F)(F)C(F)(F)C(F)(F)C(F)(F)C(F)(F)C[C@H](c1ccncc1)[C@H](CC(F)(F)C(F)(F)C(F)(F)C(F)(F)C(F)(F)C(F)(F)F)c1ccncc1. The van der Waals surface area contributed by atoms with Gasteiger partial charge in [0, 0.05) is 37.6 Å². The summed E-state index contributed by atoms with van der Waals surface area (Å²) in [6.45, 7) is 0. The van der Waals surface area contributed by atoms with Crippen molar-refractivity contribution in [2.75, 3.05) is 0 Å². The van der Waals surface area contributed by atoms with Crippen LogP contribution >= 0.6 is 0 Å². The fourth-order valence-corrected chi connectivity index (χ4v) is 4.62. The van der Waals surface area contributed by atoms with Crippen molar-refractivity contribution in [2.45, 2.75) is 96.3 Å². The molecule has 54 heavy (non-hydrogen) atoms. The highest BCUT2D eigenvalue weighted by Gasteiger charge is 2.92. The molecule has 0 radical (unpaired) electrons. The van der Waals surface area contributed by atoms with Crippen molar-refractivity contribution >= 4 is 0 Å². The Kier molecular flexibility index (Phi) is 11.7. The Balaban J connectivity index is 2.89. The van der Waals surface area contributed by atoms with Crippen LogP contribution in [0.1, 0.15) is 35.8 Å². The molecule has 0 aliphatic rings. The lowest BCUT2D eigenvalue weighted by molar-refractivity contribution is -0.441. The third-order valence-corrected chi connectivity index (χ3v) is 7.70. The lowest BCUT2D eigenvalue weighted by Crippen LogP contribution is -2.70. The van der Waals surface area contributed by atoms with E-state index in [0.29, 0.717) is 24.8 Å². The second-order valence-electron chi connectivity index (χ2n) is 11.2. The number of aromatic nitrogens is 2.